The van der Waals surface area contributed by atoms with Gasteiger partial charge >= 0.3 is 5.97 Å². The first-order valence-corrected chi connectivity index (χ1v) is 26.3. The van der Waals surface area contributed by atoms with E-state index in [1.54, 1.807) is 0 Å². The quantitative estimate of drug-likeness (QED) is 0.0420. The number of ether oxygens (including phenoxy) is 1. The normalized spacial score (nSPS) is 13.1. The summed E-state index contributed by atoms with van der Waals surface area (Å²) in [5.41, 5.74) is 0. The highest BCUT2D eigenvalue weighted by Gasteiger charge is 2.24. The molecule has 0 spiro atoms. The number of nitrogens with one attached hydrogen (secondary N) is 1. The van der Waals surface area contributed by atoms with Gasteiger partial charge in [0.15, 0.2) is 0 Å². The number of hydrogen-bond donors (Lipinski definition) is 3. The molecule has 0 aromatic rings. The third-order valence-corrected chi connectivity index (χ3v) is 12.4. The van der Waals surface area contributed by atoms with E-state index in [1.165, 1.54) is 212 Å². The maximum Gasteiger partial charge on any atom is 0.306 e. The van der Waals surface area contributed by atoms with E-state index in [4.69, 9.17) is 4.74 Å². The number of carbonyl (C=O) groups excluding carboxylic acids is 2. The van der Waals surface area contributed by atoms with Crippen molar-refractivity contribution in [3.05, 3.63) is 0 Å². The van der Waals surface area contributed by atoms with Crippen molar-refractivity contribution in [3.8, 4) is 0 Å². The van der Waals surface area contributed by atoms with E-state index in [2.05, 4.69) is 26.1 Å². The van der Waals surface area contributed by atoms with Gasteiger partial charge in [-0.3, -0.25) is 9.59 Å². The molecule has 0 aliphatic rings. The van der Waals surface area contributed by atoms with Crippen LogP contribution in [0.2, 0.25) is 0 Å². The second kappa shape index (κ2) is 46.9. The molecule has 0 bridgehead atoms. The van der Waals surface area contributed by atoms with Crippen molar-refractivity contribution in [2.45, 2.75) is 315 Å². The molecule has 0 aliphatic heterocycles. The van der Waals surface area contributed by atoms with Gasteiger partial charge in [-0.15, -0.1) is 0 Å². The second-order valence-corrected chi connectivity index (χ2v) is 18.3. The highest BCUT2D eigenvalue weighted by atomic mass is 16.5. The van der Waals surface area contributed by atoms with Crippen LogP contribution in [-0.2, 0) is 14.3 Å². The van der Waals surface area contributed by atoms with Crippen LogP contribution in [0.15, 0.2) is 0 Å². The lowest BCUT2D eigenvalue weighted by Gasteiger charge is -2.24. The predicted octanol–water partition coefficient (Wildman–Crippen LogP) is 15.6. The van der Waals surface area contributed by atoms with Gasteiger partial charge in [0.2, 0.25) is 5.91 Å². The zero-order valence-corrected chi connectivity index (χ0v) is 39.5. The van der Waals surface area contributed by atoms with Crippen LogP contribution in [0.1, 0.15) is 297 Å². The summed E-state index contributed by atoms with van der Waals surface area (Å²) in [4.78, 5) is 26.1. The zero-order chi connectivity index (χ0) is 42.4. The first-order valence-electron chi connectivity index (χ1n) is 26.3. The van der Waals surface area contributed by atoms with Crippen molar-refractivity contribution < 1.29 is 24.5 Å². The average Bonchev–Trinajstić information content (AvgIpc) is 3.22. The van der Waals surface area contributed by atoms with Gasteiger partial charge < -0.3 is 20.3 Å². The fourth-order valence-electron chi connectivity index (χ4n) is 8.43. The Morgan fingerprint density at radius 3 is 1.05 bits per heavy atom. The Bertz CT molecular complexity index is 837. The minimum atomic E-state index is -0.778. The highest BCUT2D eigenvalue weighted by Crippen LogP contribution is 2.19. The summed E-state index contributed by atoms with van der Waals surface area (Å²) in [6, 6.07) is -0.691. The lowest BCUT2D eigenvalue weighted by atomic mass is 10.0. The summed E-state index contributed by atoms with van der Waals surface area (Å²) in [6.45, 7) is 6.51. The monoisotopic (exact) mass is 822 g/mol. The third kappa shape index (κ3) is 41.6. The molecule has 0 rings (SSSR count). The Morgan fingerprint density at radius 2 is 0.724 bits per heavy atom. The van der Waals surface area contributed by atoms with E-state index in [9.17, 15) is 19.8 Å². The Hall–Kier alpha value is -1.14. The highest BCUT2D eigenvalue weighted by molar-refractivity contribution is 5.77. The number of unbranched alkanes of at least 4 members (excludes halogenated alkanes) is 36. The molecule has 3 unspecified atom stereocenters. The maximum atomic E-state index is 13.2. The van der Waals surface area contributed by atoms with Crippen LogP contribution in [0, 0.1) is 0 Å². The Labute approximate surface area is 362 Å². The van der Waals surface area contributed by atoms with Crippen molar-refractivity contribution >= 4 is 11.9 Å². The van der Waals surface area contributed by atoms with Gasteiger partial charge in [0, 0.05) is 6.42 Å². The van der Waals surface area contributed by atoms with Crippen molar-refractivity contribution in [3.63, 3.8) is 0 Å². The predicted molar refractivity (Wildman–Crippen MR) is 250 cm³/mol. The fraction of sp³-hybridized carbons (Fsp3) is 0.962. The van der Waals surface area contributed by atoms with Gasteiger partial charge in [0.05, 0.1) is 25.2 Å². The molecule has 0 heterocycles. The topological polar surface area (TPSA) is 95.9 Å². The lowest BCUT2D eigenvalue weighted by molar-refractivity contribution is -0.151. The van der Waals surface area contributed by atoms with Crippen LogP contribution in [-0.4, -0.2) is 46.9 Å². The molecule has 0 radical (unpaired) electrons. The molecule has 0 saturated heterocycles. The van der Waals surface area contributed by atoms with Crippen molar-refractivity contribution in [2.75, 3.05) is 6.61 Å². The molecule has 3 N–H and O–H groups in total. The van der Waals surface area contributed by atoms with Crippen LogP contribution in [0.25, 0.3) is 0 Å². The molecule has 0 aromatic carbocycles. The van der Waals surface area contributed by atoms with E-state index in [-0.39, 0.29) is 24.9 Å². The molecule has 58 heavy (non-hydrogen) atoms. The third-order valence-electron chi connectivity index (χ3n) is 12.4. The van der Waals surface area contributed by atoms with Crippen LogP contribution in [0.5, 0.6) is 0 Å². The van der Waals surface area contributed by atoms with E-state index in [0.717, 1.165) is 38.5 Å². The molecular formula is C52H103NO5. The molecule has 0 aromatic heterocycles. The first-order chi connectivity index (χ1) is 28.5. The van der Waals surface area contributed by atoms with E-state index >= 15 is 0 Å². The summed E-state index contributed by atoms with van der Waals surface area (Å²) >= 11 is 0. The van der Waals surface area contributed by atoms with Crippen LogP contribution >= 0.6 is 0 Å². The molecule has 346 valence electrons. The molecule has 3 atom stereocenters. The number of rotatable bonds is 48. The minimum Gasteiger partial charge on any atom is -0.462 e. The molecule has 6 heteroatoms. The van der Waals surface area contributed by atoms with Gasteiger partial charge in [-0.05, 0) is 25.7 Å². The summed E-state index contributed by atoms with van der Waals surface area (Å²) in [6.07, 6.45) is 50.1. The van der Waals surface area contributed by atoms with Gasteiger partial charge in [-0.1, -0.05) is 258 Å². The van der Waals surface area contributed by atoms with Crippen molar-refractivity contribution in [1.29, 1.82) is 0 Å². The summed E-state index contributed by atoms with van der Waals surface area (Å²) in [7, 11) is 0. The number of amides is 1. The first kappa shape index (κ1) is 56.9. The standard InChI is InChI=1S/C52H103NO5/c1-4-7-10-13-16-19-22-25-27-28-31-34-37-40-43-48(58-52(57)45-42-39-36-33-30-26-23-20-17-14-11-8-5-2)46-51(56)53-49(47-54)50(55)44-41-38-35-32-29-24-21-18-15-12-9-6-3/h48-50,54-55H,4-47H2,1-3H3,(H,53,56). The molecule has 0 saturated carbocycles. The number of hydrogen-bond acceptors (Lipinski definition) is 5. The number of aliphatic hydroxyl groups is 2. The lowest BCUT2D eigenvalue weighted by Crippen LogP contribution is -2.46. The molecule has 1 amide bonds. The Balaban J connectivity index is 4.52. The smallest absolute Gasteiger partial charge is 0.306 e. The molecule has 0 aliphatic carbocycles. The summed E-state index contributed by atoms with van der Waals surface area (Å²) in [5.74, 6) is -0.450. The number of esters is 1. The van der Waals surface area contributed by atoms with Crippen LogP contribution in [0.4, 0.5) is 0 Å². The van der Waals surface area contributed by atoms with Gasteiger partial charge in [0.25, 0.3) is 0 Å². The minimum absolute atomic E-state index is 0.0879. The van der Waals surface area contributed by atoms with Crippen LogP contribution in [0.3, 0.4) is 0 Å². The zero-order valence-electron chi connectivity index (χ0n) is 39.5. The second-order valence-electron chi connectivity index (χ2n) is 18.3. The SMILES string of the molecule is CCCCCCCCCCCCCCCCC(CC(=O)NC(CO)C(O)CCCCCCCCCCCCCC)OC(=O)CCCCCCCCCCCCCCC. The van der Waals surface area contributed by atoms with Gasteiger partial charge in [-0.2, -0.15) is 0 Å². The molecule has 0 fully saturated rings. The summed E-state index contributed by atoms with van der Waals surface area (Å²) < 4.78 is 5.94. The van der Waals surface area contributed by atoms with Gasteiger partial charge in [-0.25, -0.2) is 0 Å². The van der Waals surface area contributed by atoms with E-state index < -0.39 is 18.2 Å². The largest absolute Gasteiger partial charge is 0.462 e. The average molecular weight is 822 g/mol. The van der Waals surface area contributed by atoms with Gasteiger partial charge in [0.1, 0.15) is 6.10 Å². The number of carbonyl (C=O) groups is 2. The maximum absolute atomic E-state index is 13.2. The van der Waals surface area contributed by atoms with E-state index in [0.29, 0.717) is 19.3 Å². The number of aliphatic hydroxyl groups excluding tert-OH is 2. The summed E-state index contributed by atoms with van der Waals surface area (Å²) in [5, 5.41) is 23.8. The molecular weight excluding hydrogens is 719 g/mol. The Morgan fingerprint density at radius 1 is 0.431 bits per heavy atom. The van der Waals surface area contributed by atoms with Crippen molar-refractivity contribution in [1.82, 2.24) is 5.32 Å². The Kier molecular flexibility index (Phi) is 46.0. The van der Waals surface area contributed by atoms with E-state index in [1.807, 2.05) is 0 Å². The fourth-order valence-corrected chi connectivity index (χ4v) is 8.43. The van der Waals surface area contributed by atoms with Crippen molar-refractivity contribution in [2.24, 2.45) is 0 Å². The molecule has 6 nitrogen and oxygen atoms in total. The van der Waals surface area contributed by atoms with Crippen LogP contribution < -0.4 is 5.32 Å².